The first kappa shape index (κ1) is 17.0. The molecule has 2 aromatic heterocycles. The molecule has 2 amide bonds. The third-order valence-corrected chi connectivity index (χ3v) is 5.54. The van der Waals surface area contributed by atoms with Crippen LogP contribution in [-0.4, -0.2) is 75.5 Å². The summed E-state index contributed by atoms with van der Waals surface area (Å²) in [5.74, 6) is 0.570. The summed E-state index contributed by atoms with van der Waals surface area (Å²) in [7, 11) is 1.90. The van der Waals surface area contributed by atoms with Gasteiger partial charge in [0.05, 0.1) is 6.20 Å². The zero-order valence-electron chi connectivity index (χ0n) is 15.0. The first-order valence-corrected chi connectivity index (χ1v) is 9.20. The summed E-state index contributed by atoms with van der Waals surface area (Å²) in [5.41, 5.74) is 1.14. The second-order valence-corrected chi connectivity index (χ2v) is 7.04. The molecule has 4 heterocycles. The number of fused-ring (bicyclic) bond motifs is 2. The predicted octanol–water partition coefficient (Wildman–Crippen LogP) is 0.402. The second-order valence-electron chi connectivity index (χ2n) is 7.04. The molecular formula is C18H24N6O2. The molecule has 8 nitrogen and oxygen atoms in total. The van der Waals surface area contributed by atoms with Crippen molar-refractivity contribution in [3.05, 3.63) is 30.2 Å². The first-order chi connectivity index (χ1) is 12.7. The monoisotopic (exact) mass is 356 g/mol. The molecule has 2 saturated heterocycles. The maximum Gasteiger partial charge on any atom is 0.259 e. The fourth-order valence-corrected chi connectivity index (χ4v) is 4.21. The van der Waals surface area contributed by atoms with Gasteiger partial charge >= 0.3 is 0 Å². The number of piperidine rings is 2. The van der Waals surface area contributed by atoms with E-state index in [0.717, 1.165) is 25.9 Å². The van der Waals surface area contributed by atoms with Crippen LogP contribution in [-0.2, 0) is 4.79 Å². The van der Waals surface area contributed by atoms with E-state index in [0.29, 0.717) is 36.6 Å². The van der Waals surface area contributed by atoms with E-state index in [4.69, 9.17) is 0 Å². The molecule has 26 heavy (non-hydrogen) atoms. The predicted molar refractivity (Wildman–Crippen MR) is 95.7 cm³/mol. The van der Waals surface area contributed by atoms with Gasteiger partial charge in [-0.25, -0.2) is 9.50 Å². The van der Waals surface area contributed by atoms with Crippen molar-refractivity contribution in [3.8, 4) is 0 Å². The van der Waals surface area contributed by atoms with Crippen LogP contribution in [0.3, 0.4) is 0 Å². The standard InChI is InChI=1S/C18H24N6O2/c1-19-7-10-23-15-5-9-22(12-13(15)3-4-16(23)25)18(26)14-11-21-24-8-2-6-20-17(14)24/h2,6,8,11,13,15,19H,3-5,7,9-10,12H2,1H3/t13-,15+/m0/s1. The molecule has 8 heteroatoms. The number of amides is 2. The molecule has 1 N–H and O–H groups in total. The lowest BCUT2D eigenvalue weighted by Gasteiger charge is -2.47. The van der Waals surface area contributed by atoms with Crippen LogP contribution >= 0.6 is 0 Å². The van der Waals surface area contributed by atoms with Crippen LogP contribution < -0.4 is 5.32 Å². The molecule has 4 rings (SSSR count). The van der Waals surface area contributed by atoms with Crippen molar-refractivity contribution in [2.75, 3.05) is 33.2 Å². The van der Waals surface area contributed by atoms with Crippen molar-refractivity contribution in [2.45, 2.75) is 25.3 Å². The first-order valence-electron chi connectivity index (χ1n) is 9.20. The highest BCUT2D eigenvalue weighted by Crippen LogP contribution is 2.31. The molecule has 2 atom stereocenters. The lowest BCUT2D eigenvalue weighted by molar-refractivity contribution is -0.140. The van der Waals surface area contributed by atoms with E-state index in [2.05, 4.69) is 15.4 Å². The van der Waals surface area contributed by atoms with E-state index in [1.54, 1.807) is 29.2 Å². The lowest BCUT2D eigenvalue weighted by Crippen LogP contribution is -2.57. The Morgan fingerprint density at radius 3 is 3.12 bits per heavy atom. The highest BCUT2D eigenvalue weighted by Gasteiger charge is 2.40. The van der Waals surface area contributed by atoms with E-state index in [1.165, 1.54) is 0 Å². The molecule has 2 fully saturated rings. The van der Waals surface area contributed by atoms with E-state index in [9.17, 15) is 9.59 Å². The normalized spacial score (nSPS) is 23.3. The van der Waals surface area contributed by atoms with Gasteiger partial charge in [-0.2, -0.15) is 5.10 Å². The fraction of sp³-hybridized carbons (Fsp3) is 0.556. The zero-order chi connectivity index (χ0) is 18.1. The van der Waals surface area contributed by atoms with Gasteiger partial charge in [-0.1, -0.05) is 0 Å². The van der Waals surface area contributed by atoms with Gasteiger partial charge in [0.15, 0.2) is 5.65 Å². The Morgan fingerprint density at radius 2 is 2.27 bits per heavy atom. The van der Waals surface area contributed by atoms with Gasteiger partial charge in [-0.3, -0.25) is 9.59 Å². The highest BCUT2D eigenvalue weighted by atomic mass is 16.2. The van der Waals surface area contributed by atoms with Gasteiger partial charge in [0.2, 0.25) is 5.91 Å². The number of likely N-dealkylation sites (N-methyl/N-ethyl adjacent to an activating group) is 1. The molecule has 0 aromatic carbocycles. The molecular weight excluding hydrogens is 332 g/mol. The Bertz CT molecular complexity index is 819. The molecule has 0 unspecified atom stereocenters. The molecule has 0 radical (unpaired) electrons. The van der Waals surface area contributed by atoms with Crippen molar-refractivity contribution in [1.82, 2.24) is 29.7 Å². The molecule has 0 spiro atoms. The summed E-state index contributed by atoms with van der Waals surface area (Å²) in [6.07, 6.45) is 7.32. The van der Waals surface area contributed by atoms with Crippen LogP contribution in [0.5, 0.6) is 0 Å². The minimum Gasteiger partial charge on any atom is -0.338 e. The smallest absolute Gasteiger partial charge is 0.259 e. The second kappa shape index (κ2) is 7.03. The van der Waals surface area contributed by atoms with Gasteiger partial charge in [-0.15, -0.1) is 0 Å². The average Bonchev–Trinajstić information content (AvgIpc) is 3.10. The van der Waals surface area contributed by atoms with Gasteiger partial charge in [0.1, 0.15) is 5.56 Å². The summed E-state index contributed by atoms with van der Waals surface area (Å²) in [6, 6.07) is 2.04. The molecule has 0 aliphatic carbocycles. The minimum atomic E-state index is -0.0178. The molecule has 0 saturated carbocycles. The third-order valence-electron chi connectivity index (χ3n) is 5.54. The lowest BCUT2D eigenvalue weighted by atomic mass is 9.83. The Morgan fingerprint density at radius 1 is 1.38 bits per heavy atom. The summed E-state index contributed by atoms with van der Waals surface area (Å²) in [5, 5.41) is 7.34. The number of aromatic nitrogens is 3. The number of carbonyl (C=O) groups is 2. The van der Waals surface area contributed by atoms with Crippen LogP contribution in [0.15, 0.2) is 24.7 Å². The van der Waals surface area contributed by atoms with Crippen LogP contribution in [0.25, 0.3) is 5.65 Å². The van der Waals surface area contributed by atoms with Crippen LogP contribution in [0.2, 0.25) is 0 Å². The number of hydrogen-bond acceptors (Lipinski definition) is 5. The van der Waals surface area contributed by atoms with E-state index in [1.807, 2.05) is 16.8 Å². The van der Waals surface area contributed by atoms with Crippen LogP contribution in [0.4, 0.5) is 0 Å². The van der Waals surface area contributed by atoms with Gasteiger partial charge in [0, 0.05) is 51.0 Å². The van der Waals surface area contributed by atoms with Crippen LogP contribution in [0.1, 0.15) is 29.6 Å². The Kier molecular flexibility index (Phi) is 4.58. The van der Waals surface area contributed by atoms with Gasteiger partial charge in [-0.05, 0) is 31.9 Å². The number of hydrogen-bond donors (Lipinski definition) is 1. The third kappa shape index (κ3) is 2.94. The van der Waals surface area contributed by atoms with Crippen molar-refractivity contribution in [2.24, 2.45) is 5.92 Å². The number of rotatable bonds is 4. The van der Waals surface area contributed by atoms with Crippen LogP contribution in [0, 0.1) is 5.92 Å². The molecule has 138 valence electrons. The Hall–Kier alpha value is -2.48. The quantitative estimate of drug-likeness (QED) is 0.858. The zero-order valence-corrected chi connectivity index (χ0v) is 15.0. The van der Waals surface area contributed by atoms with E-state index in [-0.39, 0.29) is 17.9 Å². The SMILES string of the molecule is CNCCN1C(=O)CC[C@H]2CN(C(=O)c3cnn4cccnc34)CC[C@H]21. The summed E-state index contributed by atoms with van der Waals surface area (Å²) in [6.45, 7) is 2.89. The molecule has 2 aliphatic heterocycles. The molecule has 2 aromatic rings. The maximum atomic E-state index is 13.0. The minimum absolute atomic E-state index is 0.0178. The van der Waals surface area contributed by atoms with Gasteiger partial charge in [0.25, 0.3) is 5.91 Å². The average molecular weight is 356 g/mol. The number of nitrogens with zero attached hydrogens (tertiary/aromatic N) is 5. The van der Waals surface area contributed by atoms with E-state index >= 15 is 0 Å². The maximum absolute atomic E-state index is 13.0. The molecule has 0 bridgehead atoms. The van der Waals surface area contributed by atoms with E-state index < -0.39 is 0 Å². The fourth-order valence-electron chi connectivity index (χ4n) is 4.21. The molecule has 2 aliphatic rings. The van der Waals surface area contributed by atoms with Crippen molar-refractivity contribution < 1.29 is 9.59 Å². The summed E-state index contributed by atoms with van der Waals surface area (Å²) in [4.78, 5) is 33.5. The number of nitrogens with one attached hydrogen (secondary N) is 1. The number of likely N-dealkylation sites (tertiary alicyclic amines) is 2. The largest absolute Gasteiger partial charge is 0.338 e. The van der Waals surface area contributed by atoms with Crippen molar-refractivity contribution in [1.29, 1.82) is 0 Å². The summed E-state index contributed by atoms with van der Waals surface area (Å²) < 4.78 is 1.62. The number of carbonyl (C=O) groups excluding carboxylic acids is 2. The van der Waals surface area contributed by atoms with Crippen molar-refractivity contribution >= 4 is 17.5 Å². The summed E-state index contributed by atoms with van der Waals surface area (Å²) >= 11 is 0. The van der Waals surface area contributed by atoms with Gasteiger partial charge < -0.3 is 15.1 Å². The van der Waals surface area contributed by atoms with Crippen molar-refractivity contribution in [3.63, 3.8) is 0 Å². The highest BCUT2D eigenvalue weighted by molar-refractivity contribution is 5.99. The Balaban J connectivity index is 1.49. The Labute approximate surface area is 152 Å². The topological polar surface area (TPSA) is 82.8 Å².